The summed E-state index contributed by atoms with van der Waals surface area (Å²) in [5.74, 6) is -0.193. The zero-order valence-corrected chi connectivity index (χ0v) is 9.75. The molecule has 1 aromatic rings. The van der Waals surface area contributed by atoms with Gasteiger partial charge < -0.3 is 15.8 Å². The van der Waals surface area contributed by atoms with Crippen LogP contribution in [0.2, 0.25) is 0 Å². The zero-order chi connectivity index (χ0) is 12.0. The van der Waals surface area contributed by atoms with Gasteiger partial charge in [-0.25, -0.2) is 0 Å². The maximum absolute atomic E-state index is 11.1. The molecule has 0 unspecified atom stereocenters. The molecule has 0 aromatic heterocycles. The van der Waals surface area contributed by atoms with Crippen LogP contribution in [-0.2, 0) is 9.53 Å². The Balaban J connectivity index is 2.43. The quantitative estimate of drug-likeness (QED) is 0.590. The zero-order valence-electron chi connectivity index (χ0n) is 9.75. The highest BCUT2D eigenvalue weighted by Crippen LogP contribution is 2.21. The van der Waals surface area contributed by atoms with Crippen LogP contribution in [0.4, 0.5) is 11.4 Å². The molecular weight excluding hydrogens is 204 g/mol. The molecule has 0 bridgehead atoms. The molecule has 0 saturated heterocycles. The average Bonchev–Trinajstić information content (AvgIpc) is 2.25. The lowest BCUT2D eigenvalue weighted by Gasteiger charge is -2.10. The molecule has 0 aliphatic heterocycles. The van der Waals surface area contributed by atoms with Gasteiger partial charge in [-0.2, -0.15) is 0 Å². The summed E-state index contributed by atoms with van der Waals surface area (Å²) in [6.07, 6.45) is 0.348. The standard InChI is InChI=1S/C12H18N2O2/c1-3-16-11(15)7-8-14-10-6-4-5-9(2)12(10)13/h4-6,14H,3,7-8,13H2,1-2H3. The molecule has 0 atom stereocenters. The van der Waals surface area contributed by atoms with E-state index in [0.29, 0.717) is 19.6 Å². The van der Waals surface area contributed by atoms with Crippen molar-refractivity contribution in [3.8, 4) is 0 Å². The second-order valence-electron chi connectivity index (χ2n) is 3.52. The number of carbonyl (C=O) groups is 1. The number of hydrogen-bond acceptors (Lipinski definition) is 4. The number of esters is 1. The number of para-hydroxylation sites is 1. The summed E-state index contributed by atoms with van der Waals surface area (Å²) in [7, 11) is 0. The van der Waals surface area contributed by atoms with Crippen molar-refractivity contribution in [2.75, 3.05) is 24.2 Å². The molecule has 4 heteroatoms. The van der Waals surface area contributed by atoms with E-state index in [0.717, 1.165) is 16.9 Å². The number of benzene rings is 1. The maximum atomic E-state index is 11.1. The summed E-state index contributed by atoms with van der Waals surface area (Å²) < 4.78 is 4.82. The molecule has 0 saturated carbocycles. The van der Waals surface area contributed by atoms with Gasteiger partial charge >= 0.3 is 5.97 Å². The largest absolute Gasteiger partial charge is 0.466 e. The lowest BCUT2D eigenvalue weighted by Crippen LogP contribution is -2.12. The highest BCUT2D eigenvalue weighted by atomic mass is 16.5. The smallest absolute Gasteiger partial charge is 0.307 e. The van der Waals surface area contributed by atoms with E-state index in [4.69, 9.17) is 10.5 Å². The predicted octanol–water partition coefficient (Wildman–Crippen LogP) is 1.94. The molecule has 88 valence electrons. The average molecular weight is 222 g/mol. The van der Waals surface area contributed by atoms with Gasteiger partial charge in [0.25, 0.3) is 0 Å². The van der Waals surface area contributed by atoms with E-state index in [1.807, 2.05) is 25.1 Å². The minimum atomic E-state index is -0.193. The number of aryl methyl sites for hydroxylation is 1. The van der Waals surface area contributed by atoms with E-state index in [-0.39, 0.29) is 5.97 Å². The lowest BCUT2D eigenvalue weighted by atomic mass is 10.1. The fourth-order valence-corrected chi connectivity index (χ4v) is 1.37. The van der Waals surface area contributed by atoms with Crippen LogP contribution in [0.5, 0.6) is 0 Å². The topological polar surface area (TPSA) is 64.3 Å². The Labute approximate surface area is 95.8 Å². The third-order valence-electron chi connectivity index (χ3n) is 2.27. The van der Waals surface area contributed by atoms with Crippen molar-refractivity contribution in [2.45, 2.75) is 20.3 Å². The molecule has 1 aromatic carbocycles. The summed E-state index contributed by atoms with van der Waals surface area (Å²) >= 11 is 0. The summed E-state index contributed by atoms with van der Waals surface area (Å²) in [5.41, 5.74) is 8.50. The number of nitrogens with two attached hydrogens (primary N) is 1. The molecule has 0 spiro atoms. The van der Waals surface area contributed by atoms with Gasteiger partial charge in [-0.1, -0.05) is 12.1 Å². The Kier molecular flexibility index (Phi) is 4.64. The minimum absolute atomic E-state index is 0.193. The number of nitrogens with one attached hydrogen (secondary N) is 1. The predicted molar refractivity (Wildman–Crippen MR) is 65.3 cm³/mol. The van der Waals surface area contributed by atoms with Gasteiger partial charge in [0.1, 0.15) is 0 Å². The van der Waals surface area contributed by atoms with Gasteiger partial charge in [0.15, 0.2) is 0 Å². The minimum Gasteiger partial charge on any atom is -0.466 e. The Hall–Kier alpha value is -1.71. The van der Waals surface area contributed by atoms with Crippen LogP contribution in [0.3, 0.4) is 0 Å². The molecule has 1 rings (SSSR count). The maximum Gasteiger partial charge on any atom is 0.307 e. The number of anilines is 2. The third-order valence-corrected chi connectivity index (χ3v) is 2.27. The van der Waals surface area contributed by atoms with Crippen molar-refractivity contribution in [3.63, 3.8) is 0 Å². The van der Waals surface area contributed by atoms with Crippen molar-refractivity contribution in [1.82, 2.24) is 0 Å². The van der Waals surface area contributed by atoms with Gasteiger partial charge in [0.2, 0.25) is 0 Å². The van der Waals surface area contributed by atoms with E-state index < -0.39 is 0 Å². The van der Waals surface area contributed by atoms with E-state index in [1.54, 1.807) is 6.92 Å². The monoisotopic (exact) mass is 222 g/mol. The first kappa shape index (κ1) is 12.4. The Morgan fingerprint density at radius 1 is 1.50 bits per heavy atom. The van der Waals surface area contributed by atoms with Crippen LogP contribution >= 0.6 is 0 Å². The van der Waals surface area contributed by atoms with Crippen molar-refractivity contribution in [1.29, 1.82) is 0 Å². The molecular formula is C12H18N2O2. The summed E-state index contributed by atoms with van der Waals surface area (Å²) in [6.45, 7) is 4.70. The molecule has 3 N–H and O–H groups in total. The third kappa shape index (κ3) is 3.46. The number of ether oxygens (including phenoxy) is 1. The number of hydrogen-bond donors (Lipinski definition) is 2. The molecule has 0 aliphatic carbocycles. The highest BCUT2D eigenvalue weighted by Gasteiger charge is 2.03. The van der Waals surface area contributed by atoms with E-state index in [9.17, 15) is 4.79 Å². The first-order valence-electron chi connectivity index (χ1n) is 5.39. The van der Waals surface area contributed by atoms with E-state index >= 15 is 0 Å². The number of carbonyl (C=O) groups excluding carboxylic acids is 1. The van der Waals surface area contributed by atoms with Gasteiger partial charge in [-0.15, -0.1) is 0 Å². The molecule has 0 fully saturated rings. The molecule has 0 aliphatic rings. The van der Waals surface area contributed by atoms with Crippen LogP contribution in [0.15, 0.2) is 18.2 Å². The summed E-state index contributed by atoms with van der Waals surface area (Å²) in [4.78, 5) is 11.1. The highest BCUT2D eigenvalue weighted by molar-refractivity contribution is 5.72. The van der Waals surface area contributed by atoms with E-state index in [1.165, 1.54) is 0 Å². The van der Waals surface area contributed by atoms with E-state index in [2.05, 4.69) is 5.32 Å². The number of rotatable bonds is 5. The van der Waals surface area contributed by atoms with Crippen LogP contribution in [0.25, 0.3) is 0 Å². The second kappa shape index (κ2) is 6.00. The van der Waals surface area contributed by atoms with Gasteiger partial charge in [0, 0.05) is 6.54 Å². The lowest BCUT2D eigenvalue weighted by molar-refractivity contribution is -0.142. The Bertz CT molecular complexity index is 364. The van der Waals surface area contributed by atoms with Crippen LogP contribution in [0.1, 0.15) is 18.9 Å². The second-order valence-corrected chi connectivity index (χ2v) is 3.52. The summed E-state index contributed by atoms with van der Waals surface area (Å²) in [6, 6.07) is 5.78. The van der Waals surface area contributed by atoms with Crippen molar-refractivity contribution in [3.05, 3.63) is 23.8 Å². The fourth-order valence-electron chi connectivity index (χ4n) is 1.37. The molecule has 16 heavy (non-hydrogen) atoms. The van der Waals surface area contributed by atoms with Crippen LogP contribution in [0, 0.1) is 6.92 Å². The first-order valence-corrected chi connectivity index (χ1v) is 5.39. The van der Waals surface area contributed by atoms with Crippen LogP contribution < -0.4 is 11.1 Å². The molecule has 0 radical (unpaired) electrons. The SMILES string of the molecule is CCOC(=O)CCNc1cccc(C)c1N. The van der Waals surface area contributed by atoms with Crippen LogP contribution in [-0.4, -0.2) is 19.1 Å². The Morgan fingerprint density at radius 3 is 2.94 bits per heavy atom. The molecule has 0 heterocycles. The first-order chi connectivity index (χ1) is 7.65. The molecule has 0 amide bonds. The van der Waals surface area contributed by atoms with Crippen molar-refractivity contribution < 1.29 is 9.53 Å². The summed E-state index contributed by atoms with van der Waals surface area (Å²) in [5, 5.41) is 3.12. The molecule has 4 nitrogen and oxygen atoms in total. The Morgan fingerprint density at radius 2 is 2.25 bits per heavy atom. The van der Waals surface area contributed by atoms with Gasteiger partial charge in [0.05, 0.1) is 24.4 Å². The van der Waals surface area contributed by atoms with Crippen molar-refractivity contribution in [2.24, 2.45) is 0 Å². The van der Waals surface area contributed by atoms with Crippen molar-refractivity contribution >= 4 is 17.3 Å². The normalized spacial score (nSPS) is 9.88. The van der Waals surface area contributed by atoms with Gasteiger partial charge in [-0.3, -0.25) is 4.79 Å². The fraction of sp³-hybridized carbons (Fsp3) is 0.417. The number of nitrogen functional groups attached to an aromatic ring is 1. The van der Waals surface area contributed by atoms with Gasteiger partial charge in [-0.05, 0) is 25.5 Å².